The number of nitrogens with zero attached hydrogens (tertiary/aromatic N) is 3. The van der Waals surface area contributed by atoms with Gasteiger partial charge in [-0.05, 0) is 36.8 Å². The standard InChI is InChI=1S/C28H32FN3O7S/c29-23-5-2-1-4-22(23)25-24(27(34)28(35)32(25)11-3-10-30-12-16-38-17-13-30)26(33)20-6-8-21(9-7-20)40(36,37)31-14-18-39-19-15-31/h1-2,4-9,25,33H,3,10-19H2/b26-24+. The van der Waals surface area contributed by atoms with Crippen LogP contribution in [0.1, 0.15) is 23.6 Å². The van der Waals surface area contributed by atoms with Crippen LogP contribution in [0.5, 0.6) is 0 Å². The Balaban J connectivity index is 1.45. The summed E-state index contributed by atoms with van der Waals surface area (Å²) in [6.45, 7) is 4.76. The minimum Gasteiger partial charge on any atom is -0.507 e. The lowest BCUT2D eigenvalue weighted by Gasteiger charge is -2.29. The van der Waals surface area contributed by atoms with Crippen LogP contribution in [-0.2, 0) is 29.1 Å². The van der Waals surface area contributed by atoms with Gasteiger partial charge in [0.25, 0.3) is 11.7 Å². The molecule has 3 aliphatic rings. The fraction of sp³-hybridized carbons (Fsp3) is 0.429. The van der Waals surface area contributed by atoms with Crippen LogP contribution < -0.4 is 0 Å². The summed E-state index contributed by atoms with van der Waals surface area (Å²) < 4.78 is 52.9. The Hall–Kier alpha value is -3.16. The number of halogens is 1. The predicted octanol–water partition coefficient (Wildman–Crippen LogP) is 1.99. The van der Waals surface area contributed by atoms with Crippen LogP contribution in [0.4, 0.5) is 4.39 Å². The van der Waals surface area contributed by atoms with Crippen molar-refractivity contribution in [3.63, 3.8) is 0 Å². The fourth-order valence-electron chi connectivity index (χ4n) is 5.30. The Kier molecular flexibility index (Phi) is 8.62. The lowest BCUT2D eigenvalue weighted by molar-refractivity contribution is -0.140. The maximum Gasteiger partial charge on any atom is 0.295 e. The number of carbonyl (C=O) groups excluding carboxylic acids is 2. The van der Waals surface area contributed by atoms with E-state index in [2.05, 4.69) is 4.90 Å². The van der Waals surface area contributed by atoms with Crippen molar-refractivity contribution < 1.29 is 37.0 Å². The molecule has 0 saturated carbocycles. The first-order valence-corrected chi connectivity index (χ1v) is 14.7. The molecule has 2 aromatic carbocycles. The molecule has 2 aromatic rings. The van der Waals surface area contributed by atoms with Gasteiger partial charge in [0.2, 0.25) is 10.0 Å². The number of morpholine rings is 2. The number of ketones is 1. The average Bonchev–Trinajstić information content (AvgIpc) is 3.23. The largest absolute Gasteiger partial charge is 0.507 e. The number of aliphatic hydroxyl groups excluding tert-OH is 1. The van der Waals surface area contributed by atoms with Gasteiger partial charge >= 0.3 is 0 Å². The second kappa shape index (κ2) is 12.1. The first-order chi connectivity index (χ1) is 19.3. The molecule has 0 aromatic heterocycles. The molecule has 0 bridgehead atoms. The van der Waals surface area contributed by atoms with Crippen LogP contribution in [0, 0.1) is 5.82 Å². The maximum atomic E-state index is 15.0. The molecule has 0 radical (unpaired) electrons. The molecule has 12 heteroatoms. The highest BCUT2D eigenvalue weighted by atomic mass is 32.2. The Morgan fingerprint density at radius 2 is 1.52 bits per heavy atom. The van der Waals surface area contributed by atoms with Crippen molar-refractivity contribution in [1.29, 1.82) is 0 Å². The van der Waals surface area contributed by atoms with Gasteiger partial charge < -0.3 is 19.5 Å². The molecular weight excluding hydrogens is 541 g/mol. The van der Waals surface area contributed by atoms with E-state index in [1.807, 2.05) is 0 Å². The lowest BCUT2D eigenvalue weighted by Crippen LogP contribution is -2.40. The first kappa shape index (κ1) is 28.4. The zero-order valence-electron chi connectivity index (χ0n) is 22.0. The van der Waals surface area contributed by atoms with Crippen LogP contribution >= 0.6 is 0 Å². The van der Waals surface area contributed by atoms with Crippen molar-refractivity contribution in [3.8, 4) is 0 Å². The SMILES string of the molecule is O=C1C(=O)N(CCCN2CCOCC2)C(c2ccccc2F)/C1=C(\O)c1ccc(S(=O)(=O)N2CCOCC2)cc1. The summed E-state index contributed by atoms with van der Waals surface area (Å²) in [5.41, 5.74) is 0.0139. The molecule has 5 rings (SSSR count). The number of ether oxygens (including phenoxy) is 2. The van der Waals surface area contributed by atoms with Gasteiger partial charge in [-0.25, -0.2) is 12.8 Å². The molecule has 3 saturated heterocycles. The van der Waals surface area contributed by atoms with Crippen molar-refractivity contribution in [1.82, 2.24) is 14.1 Å². The summed E-state index contributed by atoms with van der Waals surface area (Å²) in [6.07, 6.45) is 0.548. The number of benzene rings is 2. The second-order valence-corrected chi connectivity index (χ2v) is 11.8. The normalized spacial score (nSPS) is 22.6. The van der Waals surface area contributed by atoms with Crippen LogP contribution in [0.3, 0.4) is 0 Å². The molecule has 0 spiro atoms. The number of carbonyl (C=O) groups is 2. The monoisotopic (exact) mass is 573 g/mol. The van der Waals surface area contributed by atoms with E-state index in [-0.39, 0.29) is 41.2 Å². The van der Waals surface area contributed by atoms with E-state index in [1.165, 1.54) is 51.7 Å². The van der Waals surface area contributed by atoms with Crippen LogP contribution in [0.25, 0.3) is 5.76 Å². The molecule has 40 heavy (non-hydrogen) atoms. The van der Waals surface area contributed by atoms with E-state index in [9.17, 15) is 23.1 Å². The van der Waals surface area contributed by atoms with Gasteiger partial charge in [0.1, 0.15) is 11.6 Å². The molecule has 1 amide bonds. The number of sulfonamides is 1. The van der Waals surface area contributed by atoms with Crippen molar-refractivity contribution in [2.45, 2.75) is 17.4 Å². The third-order valence-electron chi connectivity index (χ3n) is 7.45. The third-order valence-corrected chi connectivity index (χ3v) is 9.37. The molecular formula is C28H32FN3O7S. The van der Waals surface area contributed by atoms with Crippen molar-refractivity contribution in [2.24, 2.45) is 0 Å². The summed E-state index contributed by atoms with van der Waals surface area (Å²) in [5, 5.41) is 11.3. The Morgan fingerprint density at radius 1 is 0.900 bits per heavy atom. The molecule has 3 aliphatic heterocycles. The minimum atomic E-state index is -3.77. The van der Waals surface area contributed by atoms with E-state index in [1.54, 1.807) is 6.07 Å². The minimum absolute atomic E-state index is 0.0279. The zero-order chi connectivity index (χ0) is 28.3. The summed E-state index contributed by atoms with van der Waals surface area (Å²) in [4.78, 5) is 30.0. The van der Waals surface area contributed by atoms with Crippen LogP contribution in [0.15, 0.2) is 59.0 Å². The van der Waals surface area contributed by atoms with E-state index < -0.39 is 39.3 Å². The predicted molar refractivity (Wildman–Crippen MR) is 143 cm³/mol. The van der Waals surface area contributed by atoms with Gasteiger partial charge in [-0.2, -0.15) is 4.31 Å². The number of hydrogen-bond acceptors (Lipinski definition) is 8. The molecule has 10 nitrogen and oxygen atoms in total. The van der Waals surface area contributed by atoms with Gasteiger partial charge in [0.15, 0.2) is 0 Å². The maximum absolute atomic E-state index is 15.0. The molecule has 0 aliphatic carbocycles. The van der Waals surface area contributed by atoms with E-state index in [4.69, 9.17) is 9.47 Å². The quantitative estimate of drug-likeness (QED) is 0.290. The van der Waals surface area contributed by atoms with Gasteiger partial charge in [-0.3, -0.25) is 14.5 Å². The van der Waals surface area contributed by atoms with Crippen molar-refractivity contribution >= 4 is 27.5 Å². The lowest BCUT2D eigenvalue weighted by atomic mass is 9.95. The summed E-state index contributed by atoms with van der Waals surface area (Å²) >= 11 is 0. The molecule has 1 atom stereocenters. The number of likely N-dealkylation sites (tertiary alicyclic amines) is 1. The topological polar surface area (TPSA) is 117 Å². The highest BCUT2D eigenvalue weighted by molar-refractivity contribution is 7.89. The summed E-state index contributed by atoms with van der Waals surface area (Å²) in [7, 11) is -3.77. The van der Waals surface area contributed by atoms with Gasteiger partial charge in [-0.1, -0.05) is 18.2 Å². The number of aliphatic hydroxyl groups is 1. The Bertz CT molecular complexity index is 1380. The highest BCUT2D eigenvalue weighted by Crippen LogP contribution is 2.40. The summed E-state index contributed by atoms with van der Waals surface area (Å²) in [5.74, 6) is -2.83. The Labute approximate surface area is 232 Å². The average molecular weight is 574 g/mol. The number of Topliss-reactive ketones (excluding diaryl/α,β-unsaturated/α-hetero) is 1. The number of amides is 1. The molecule has 1 N–H and O–H groups in total. The van der Waals surface area contributed by atoms with Gasteiger partial charge in [-0.15, -0.1) is 0 Å². The zero-order valence-corrected chi connectivity index (χ0v) is 22.8. The molecule has 1 unspecified atom stereocenters. The second-order valence-electron chi connectivity index (χ2n) is 9.86. The van der Waals surface area contributed by atoms with Gasteiger partial charge in [0, 0.05) is 50.4 Å². The van der Waals surface area contributed by atoms with Crippen LogP contribution in [0.2, 0.25) is 0 Å². The molecule has 3 fully saturated rings. The first-order valence-electron chi connectivity index (χ1n) is 13.3. The summed E-state index contributed by atoms with van der Waals surface area (Å²) in [6, 6.07) is 10.2. The van der Waals surface area contributed by atoms with E-state index >= 15 is 4.39 Å². The molecule has 3 heterocycles. The van der Waals surface area contributed by atoms with Crippen LogP contribution in [-0.4, -0.2) is 105 Å². The Morgan fingerprint density at radius 3 is 2.17 bits per heavy atom. The highest BCUT2D eigenvalue weighted by Gasteiger charge is 2.46. The number of rotatable bonds is 8. The van der Waals surface area contributed by atoms with Crippen molar-refractivity contribution in [2.75, 3.05) is 65.7 Å². The fourth-order valence-corrected chi connectivity index (χ4v) is 6.70. The number of hydrogen-bond donors (Lipinski definition) is 1. The van der Waals surface area contributed by atoms with Gasteiger partial charge in [0.05, 0.1) is 42.9 Å². The molecule has 214 valence electrons. The smallest absolute Gasteiger partial charge is 0.295 e. The van der Waals surface area contributed by atoms with Crippen molar-refractivity contribution in [3.05, 3.63) is 71.0 Å². The van der Waals surface area contributed by atoms with E-state index in [0.29, 0.717) is 39.4 Å². The van der Waals surface area contributed by atoms with E-state index in [0.717, 1.165) is 13.1 Å². The third kappa shape index (κ3) is 5.68.